The minimum absolute atomic E-state index is 0.0740. The lowest BCUT2D eigenvalue weighted by Crippen LogP contribution is -2.06. The van der Waals surface area contributed by atoms with Crippen molar-refractivity contribution in [3.8, 4) is 0 Å². The van der Waals surface area contributed by atoms with Crippen molar-refractivity contribution >= 4 is 10.9 Å². The van der Waals surface area contributed by atoms with Crippen LogP contribution < -0.4 is 5.73 Å². The van der Waals surface area contributed by atoms with E-state index in [2.05, 4.69) is 37.1 Å². The van der Waals surface area contributed by atoms with Gasteiger partial charge in [-0.3, -0.25) is 4.68 Å². The number of nitrogens with two attached hydrogens (primary N) is 1. The van der Waals surface area contributed by atoms with Crippen LogP contribution in [0.25, 0.3) is 10.9 Å². The lowest BCUT2D eigenvalue weighted by atomic mass is 10.1. The van der Waals surface area contributed by atoms with Gasteiger partial charge in [0.15, 0.2) is 0 Å². The number of hydrogen-bond donors (Lipinski definition) is 1. The summed E-state index contributed by atoms with van der Waals surface area (Å²) in [4.78, 5) is 0. The summed E-state index contributed by atoms with van der Waals surface area (Å²) in [6.07, 6.45) is 1.90. The van der Waals surface area contributed by atoms with E-state index in [-0.39, 0.29) is 6.04 Å². The highest BCUT2D eigenvalue weighted by Gasteiger charge is 2.07. The van der Waals surface area contributed by atoms with Crippen LogP contribution in [0.3, 0.4) is 0 Å². The summed E-state index contributed by atoms with van der Waals surface area (Å²) in [7, 11) is 0. The lowest BCUT2D eigenvalue weighted by molar-refractivity contribution is 0.550. The van der Waals surface area contributed by atoms with Gasteiger partial charge in [-0.05, 0) is 32.4 Å². The summed E-state index contributed by atoms with van der Waals surface area (Å²) in [5, 5.41) is 5.55. The van der Waals surface area contributed by atoms with Gasteiger partial charge in [0.25, 0.3) is 0 Å². The molecule has 1 aromatic carbocycles. The van der Waals surface area contributed by atoms with E-state index in [9.17, 15) is 0 Å². The second kappa shape index (κ2) is 3.66. The van der Waals surface area contributed by atoms with E-state index in [1.807, 2.05) is 17.8 Å². The molecule has 3 nitrogen and oxygen atoms in total. The fourth-order valence-electron chi connectivity index (χ4n) is 1.75. The van der Waals surface area contributed by atoms with Crippen molar-refractivity contribution in [2.24, 2.45) is 5.73 Å². The largest absolute Gasteiger partial charge is 0.324 e. The second-order valence-corrected chi connectivity index (χ2v) is 4.29. The van der Waals surface area contributed by atoms with Crippen LogP contribution in [0.4, 0.5) is 0 Å². The minimum atomic E-state index is 0.0740. The topological polar surface area (TPSA) is 43.8 Å². The zero-order valence-corrected chi connectivity index (χ0v) is 9.44. The van der Waals surface area contributed by atoms with Gasteiger partial charge in [0, 0.05) is 17.5 Å². The van der Waals surface area contributed by atoms with Gasteiger partial charge in [0.05, 0.1) is 11.7 Å². The maximum atomic E-state index is 5.87. The number of aromatic nitrogens is 2. The van der Waals surface area contributed by atoms with Crippen molar-refractivity contribution in [2.45, 2.75) is 32.9 Å². The van der Waals surface area contributed by atoms with Gasteiger partial charge in [-0.15, -0.1) is 0 Å². The average Bonchev–Trinajstić information content (AvgIpc) is 2.59. The standard InChI is InChI=1S/C12H17N3/c1-8(2)15-12-6-10(9(3)13)4-5-11(12)7-14-15/h4-9H,13H2,1-3H3. The molecule has 2 N–H and O–H groups in total. The molecule has 80 valence electrons. The molecule has 3 heteroatoms. The monoisotopic (exact) mass is 203 g/mol. The molecule has 1 unspecified atom stereocenters. The minimum Gasteiger partial charge on any atom is -0.324 e. The third-order valence-corrected chi connectivity index (χ3v) is 2.64. The first-order valence-electron chi connectivity index (χ1n) is 5.32. The molecule has 0 saturated heterocycles. The number of benzene rings is 1. The smallest absolute Gasteiger partial charge is 0.0688 e. The van der Waals surface area contributed by atoms with Gasteiger partial charge in [-0.2, -0.15) is 5.10 Å². The molecule has 1 atom stereocenters. The molecule has 0 spiro atoms. The molecule has 0 fully saturated rings. The Morgan fingerprint density at radius 3 is 2.60 bits per heavy atom. The Balaban J connectivity index is 2.61. The Morgan fingerprint density at radius 1 is 1.27 bits per heavy atom. The number of rotatable bonds is 2. The molecule has 15 heavy (non-hydrogen) atoms. The fourth-order valence-corrected chi connectivity index (χ4v) is 1.75. The predicted molar refractivity (Wildman–Crippen MR) is 62.7 cm³/mol. The van der Waals surface area contributed by atoms with E-state index in [0.717, 1.165) is 5.56 Å². The van der Waals surface area contributed by atoms with Crippen LogP contribution in [0.15, 0.2) is 24.4 Å². The lowest BCUT2D eigenvalue weighted by Gasteiger charge is -2.09. The van der Waals surface area contributed by atoms with Gasteiger partial charge < -0.3 is 5.73 Å². The number of hydrogen-bond acceptors (Lipinski definition) is 2. The van der Waals surface area contributed by atoms with Crippen LogP contribution in [0.2, 0.25) is 0 Å². The summed E-state index contributed by atoms with van der Waals surface area (Å²) in [5.41, 5.74) is 8.19. The van der Waals surface area contributed by atoms with Crippen LogP contribution in [-0.2, 0) is 0 Å². The molecule has 0 saturated carbocycles. The quantitative estimate of drug-likeness (QED) is 0.815. The van der Waals surface area contributed by atoms with Crippen LogP contribution in [-0.4, -0.2) is 9.78 Å². The van der Waals surface area contributed by atoms with Crippen molar-refractivity contribution < 1.29 is 0 Å². The first-order chi connectivity index (χ1) is 7.09. The van der Waals surface area contributed by atoms with E-state index in [1.165, 1.54) is 10.9 Å². The normalized spacial score (nSPS) is 13.7. The molecule has 2 aromatic rings. The molecule has 0 bridgehead atoms. The highest BCUT2D eigenvalue weighted by atomic mass is 15.3. The maximum absolute atomic E-state index is 5.87. The maximum Gasteiger partial charge on any atom is 0.0688 e. The van der Waals surface area contributed by atoms with Gasteiger partial charge in [0.1, 0.15) is 0 Å². The highest BCUT2D eigenvalue weighted by molar-refractivity contribution is 5.79. The van der Waals surface area contributed by atoms with Gasteiger partial charge in [-0.25, -0.2) is 0 Å². The highest BCUT2D eigenvalue weighted by Crippen LogP contribution is 2.21. The summed E-state index contributed by atoms with van der Waals surface area (Å²) < 4.78 is 2.03. The summed E-state index contributed by atoms with van der Waals surface area (Å²) >= 11 is 0. The Labute approximate surface area is 89.9 Å². The molecule has 1 heterocycles. The van der Waals surface area contributed by atoms with Crippen LogP contribution in [0.5, 0.6) is 0 Å². The Morgan fingerprint density at radius 2 is 2.00 bits per heavy atom. The molecule has 2 rings (SSSR count). The van der Waals surface area contributed by atoms with E-state index >= 15 is 0 Å². The van der Waals surface area contributed by atoms with E-state index in [4.69, 9.17) is 5.73 Å². The van der Waals surface area contributed by atoms with Crippen molar-refractivity contribution in [1.82, 2.24) is 9.78 Å². The number of fused-ring (bicyclic) bond motifs is 1. The van der Waals surface area contributed by atoms with Gasteiger partial charge >= 0.3 is 0 Å². The fraction of sp³-hybridized carbons (Fsp3) is 0.417. The van der Waals surface area contributed by atoms with Crippen molar-refractivity contribution in [2.75, 3.05) is 0 Å². The molecular formula is C12H17N3. The first kappa shape index (κ1) is 10.2. The average molecular weight is 203 g/mol. The summed E-state index contributed by atoms with van der Waals surface area (Å²) in [5.74, 6) is 0. The molecule has 0 aliphatic heterocycles. The first-order valence-corrected chi connectivity index (χ1v) is 5.32. The summed E-state index contributed by atoms with van der Waals surface area (Å²) in [6, 6.07) is 6.74. The second-order valence-electron chi connectivity index (χ2n) is 4.29. The Kier molecular flexibility index (Phi) is 2.49. The predicted octanol–water partition coefficient (Wildman–Crippen LogP) is 2.64. The van der Waals surface area contributed by atoms with Crippen molar-refractivity contribution in [3.63, 3.8) is 0 Å². The van der Waals surface area contributed by atoms with Crippen LogP contribution in [0, 0.1) is 0 Å². The third-order valence-electron chi connectivity index (χ3n) is 2.64. The molecule has 0 amide bonds. The molecule has 0 radical (unpaired) electrons. The van der Waals surface area contributed by atoms with E-state index in [1.54, 1.807) is 0 Å². The summed E-state index contributed by atoms with van der Waals surface area (Å²) in [6.45, 7) is 6.26. The molecule has 0 aliphatic rings. The number of nitrogens with zero attached hydrogens (tertiary/aromatic N) is 2. The molecular weight excluding hydrogens is 186 g/mol. The Hall–Kier alpha value is -1.35. The Bertz CT molecular complexity index is 469. The van der Waals surface area contributed by atoms with Crippen LogP contribution >= 0.6 is 0 Å². The zero-order valence-electron chi connectivity index (χ0n) is 9.44. The zero-order chi connectivity index (χ0) is 11.0. The van der Waals surface area contributed by atoms with Crippen LogP contribution in [0.1, 0.15) is 38.4 Å². The van der Waals surface area contributed by atoms with Gasteiger partial charge in [-0.1, -0.05) is 12.1 Å². The molecule has 1 aromatic heterocycles. The van der Waals surface area contributed by atoms with E-state index in [0.29, 0.717) is 6.04 Å². The van der Waals surface area contributed by atoms with E-state index < -0.39 is 0 Å². The van der Waals surface area contributed by atoms with Crippen molar-refractivity contribution in [3.05, 3.63) is 30.0 Å². The third kappa shape index (κ3) is 1.75. The molecule has 0 aliphatic carbocycles. The van der Waals surface area contributed by atoms with Crippen molar-refractivity contribution in [1.29, 1.82) is 0 Å². The SMILES string of the molecule is CC(N)c1ccc2cnn(C(C)C)c2c1. The van der Waals surface area contributed by atoms with Gasteiger partial charge in [0.2, 0.25) is 0 Å².